The molecule has 1 aromatic heterocycles. The largest absolute Gasteiger partial charge is 0.465 e. The van der Waals surface area contributed by atoms with E-state index in [0.29, 0.717) is 21.8 Å². The standard InChI is InChI=1S/C12H17ClN2O3S/c1-18-11(17)9-10(13)15-12(19-9)14-5-7-3-2-4-8(7)6-16/h7-8,16H,2-6H2,1H3,(H,14,15). The Bertz CT molecular complexity index is 452. The fourth-order valence-corrected chi connectivity index (χ4v) is 3.55. The predicted octanol–water partition coefficient (Wildman–Crippen LogP) is 2.40. The summed E-state index contributed by atoms with van der Waals surface area (Å²) in [6.45, 7) is 0.980. The zero-order valence-electron chi connectivity index (χ0n) is 10.7. The second-order valence-corrected chi connectivity index (χ2v) is 6.00. The van der Waals surface area contributed by atoms with Crippen LogP contribution in [0.5, 0.6) is 0 Å². The van der Waals surface area contributed by atoms with Gasteiger partial charge in [0.25, 0.3) is 0 Å². The molecule has 1 aromatic rings. The lowest BCUT2D eigenvalue weighted by Gasteiger charge is -2.17. The Morgan fingerprint density at radius 3 is 3.00 bits per heavy atom. The van der Waals surface area contributed by atoms with Crippen LogP contribution in [0.3, 0.4) is 0 Å². The van der Waals surface area contributed by atoms with Crippen LogP contribution >= 0.6 is 22.9 Å². The Labute approximate surface area is 120 Å². The molecule has 0 aliphatic heterocycles. The number of anilines is 1. The van der Waals surface area contributed by atoms with Crippen LogP contribution in [0, 0.1) is 11.8 Å². The number of rotatable bonds is 5. The summed E-state index contributed by atoms with van der Waals surface area (Å²) in [6.07, 6.45) is 3.35. The third-order valence-electron chi connectivity index (χ3n) is 3.52. The average molecular weight is 305 g/mol. The van der Waals surface area contributed by atoms with Crippen molar-refractivity contribution in [1.82, 2.24) is 4.98 Å². The Morgan fingerprint density at radius 1 is 1.58 bits per heavy atom. The van der Waals surface area contributed by atoms with Crippen molar-refractivity contribution in [3.63, 3.8) is 0 Å². The van der Waals surface area contributed by atoms with Gasteiger partial charge in [0.15, 0.2) is 15.2 Å². The maximum absolute atomic E-state index is 11.4. The number of aliphatic hydroxyl groups excluding tert-OH is 1. The van der Waals surface area contributed by atoms with Crippen molar-refractivity contribution in [1.29, 1.82) is 0 Å². The molecule has 1 aliphatic carbocycles. The number of ether oxygens (including phenoxy) is 1. The molecule has 19 heavy (non-hydrogen) atoms. The highest BCUT2D eigenvalue weighted by atomic mass is 35.5. The summed E-state index contributed by atoms with van der Waals surface area (Å²) in [4.78, 5) is 15.8. The Balaban J connectivity index is 1.95. The highest BCUT2D eigenvalue weighted by Crippen LogP contribution is 2.33. The summed E-state index contributed by atoms with van der Waals surface area (Å²) in [5.41, 5.74) is 0. The normalized spacial score (nSPS) is 22.5. The van der Waals surface area contributed by atoms with E-state index in [-0.39, 0.29) is 11.8 Å². The van der Waals surface area contributed by atoms with Gasteiger partial charge in [0, 0.05) is 13.2 Å². The highest BCUT2D eigenvalue weighted by Gasteiger charge is 2.26. The minimum Gasteiger partial charge on any atom is -0.465 e. The van der Waals surface area contributed by atoms with Crippen LogP contribution in [-0.2, 0) is 4.74 Å². The molecule has 0 bridgehead atoms. The molecular formula is C12H17ClN2O3S. The maximum Gasteiger partial charge on any atom is 0.351 e. The van der Waals surface area contributed by atoms with E-state index in [2.05, 4.69) is 15.0 Å². The minimum absolute atomic E-state index is 0.171. The molecule has 2 unspecified atom stereocenters. The van der Waals surface area contributed by atoms with Crippen LogP contribution in [-0.4, -0.2) is 36.3 Å². The number of carbonyl (C=O) groups excluding carboxylic acids is 1. The van der Waals surface area contributed by atoms with Crippen molar-refractivity contribution in [2.45, 2.75) is 19.3 Å². The molecule has 2 N–H and O–H groups in total. The number of nitrogens with zero attached hydrogens (tertiary/aromatic N) is 1. The third kappa shape index (κ3) is 3.38. The van der Waals surface area contributed by atoms with Crippen molar-refractivity contribution < 1.29 is 14.6 Å². The van der Waals surface area contributed by atoms with Crippen LogP contribution in [0.1, 0.15) is 28.9 Å². The second kappa shape index (κ2) is 6.54. The smallest absolute Gasteiger partial charge is 0.351 e. The Kier molecular flexibility index (Phi) is 5.01. The Hall–Kier alpha value is -0.850. The van der Waals surface area contributed by atoms with Gasteiger partial charge in [0.05, 0.1) is 7.11 Å². The summed E-state index contributed by atoms with van der Waals surface area (Å²) < 4.78 is 4.63. The second-order valence-electron chi connectivity index (χ2n) is 4.65. The number of thiazole rings is 1. The van der Waals surface area contributed by atoms with Crippen LogP contribution in [0.4, 0.5) is 5.13 Å². The van der Waals surface area contributed by atoms with E-state index in [9.17, 15) is 9.90 Å². The molecule has 1 heterocycles. The number of aromatic nitrogens is 1. The average Bonchev–Trinajstić information content (AvgIpc) is 3.01. The lowest BCUT2D eigenvalue weighted by molar-refractivity contribution is 0.0606. The van der Waals surface area contributed by atoms with Gasteiger partial charge in [-0.25, -0.2) is 9.78 Å². The number of hydrogen-bond acceptors (Lipinski definition) is 6. The molecule has 0 saturated heterocycles. The molecular weight excluding hydrogens is 288 g/mol. The first-order chi connectivity index (χ1) is 9.15. The summed E-state index contributed by atoms with van der Waals surface area (Å²) in [7, 11) is 1.32. The fraction of sp³-hybridized carbons (Fsp3) is 0.667. The van der Waals surface area contributed by atoms with E-state index >= 15 is 0 Å². The summed E-state index contributed by atoms with van der Waals surface area (Å²) >= 11 is 7.08. The van der Waals surface area contributed by atoms with Gasteiger partial charge in [-0.3, -0.25) is 0 Å². The number of methoxy groups -OCH3 is 1. The number of aliphatic hydroxyl groups is 1. The first-order valence-corrected chi connectivity index (χ1v) is 7.44. The number of hydrogen-bond donors (Lipinski definition) is 2. The Morgan fingerprint density at radius 2 is 2.32 bits per heavy atom. The molecule has 0 aromatic carbocycles. The number of nitrogens with one attached hydrogen (secondary N) is 1. The van der Waals surface area contributed by atoms with Crippen molar-refractivity contribution in [3.05, 3.63) is 10.0 Å². The van der Waals surface area contributed by atoms with Gasteiger partial charge in [-0.15, -0.1) is 0 Å². The van der Waals surface area contributed by atoms with Gasteiger partial charge < -0.3 is 15.2 Å². The van der Waals surface area contributed by atoms with E-state index in [1.165, 1.54) is 18.4 Å². The molecule has 1 saturated carbocycles. The zero-order chi connectivity index (χ0) is 13.8. The lowest BCUT2D eigenvalue weighted by Crippen LogP contribution is -2.20. The first-order valence-electron chi connectivity index (χ1n) is 6.25. The topological polar surface area (TPSA) is 71.5 Å². The summed E-state index contributed by atoms with van der Waals surface area (Å²) in [6, 6.07) is 0. The van der Waals surface area contributed by atoms with E-state index in [1.807, 2.05) is 0 Å². The van der Waals surface area contributed by atoms with Gasteiger partial charge in [0.2, 0.25) is 0 Å². The van der Waals surface area contributed by atoms with Crippen LogP contribution < -0.4 is 5.32 Å². The van der Waals surface area contributed by atoms with E-state index < -0.39 is 5.97 Å². The minimum atomic E-state index is -0.468. The van der Waals surface area contributed by atoms with Crippen molar-refractivity contribution in [2.24, 2.45) is 11.8 Å². The highest BCUT2D eigenvalue weighted by molar-refractivity contribution is 7.18. The molecule has 0 radical (unpaired) electrons. The van der Waals surface area contributed by atoms with E-state index in [1.54, 1.807) is 0 Å². The monoisotopic (exact) mass is 304 g/mol. The molecule has 0 spiro atoms. The van der Waals surface area contributed by atoms with Gasteiger partial charge in [-0.05, 0) is 24.7 Å². The van der Waals surface area contributed by atoms with Crippen LogP contribution in [0.25, 0.3) is 0 Å². The SMILES string of the molecule is COC(=O)c1sc(NCC2CCCC2CO)nc1Cl. The quantitative estimate of drug-likeness (QED) is 0.817. The van der Waals surface area contributed by atoms with Crippen LogP contribution in [0.2, 0.25) is 5.15 Å². The van der Waals surface area contributed by atoms with Crippen molar-refractivity contribution in [3.8, 4) is 0 Å². The molecule has 0 amide bonds. The summed E-state index contributed by atoms with van der Waals surface area (Å²) in [5, 5.41) is 13.2. The van der Waals surface area contributed by atoms with E-state index in [4.69, 9.17) is 11.6 Å². The molecule has 5 nitrogen and oxygen atoms in total. The molecule has 1 aliphatic rings. The summed E-state index contributed by atoms with van der Waals surface area (Å²) in [5.74, 6) is 0.349. The van der Waals surface area contributed by atoms with Gasteiger partial charge in [-0.2, -0.15) is 0 Å². The fourth-order valence-electron chi connectivity index (χ4n) is 2.44. The van der Waals surface area contributed by atoms with Crippen molar-refractivity contribution >= 4 is 34.0 Å². The molecule has 106 valence electrons. The number of halogens is 1. The van der Waals surface area contributed by atoms with Gasteiger partial charge in [0.1, 0.15) is 0 Å². The van der Waals surface area contributed by atoms with Gasteiger partial charge >= 0.3 is 5.97 Å². The molecule has 2 rings (SSSR count). The number of carbonyl (C=O) groups is 1. The third-order valence-corrected chi connectivity index (χ3v) is 4.90. The maximum atomic E-state index is 11.4. The first kappa shape index (κ1) is 14.6. The molecule has 2 atom stereocenters. The van der Waals surface area contributed by atoms with Gasteiger partial charge in [-0.1, -0.05) is 29.4 Å². The zero-order valence-corrected chi connectivity index (χ0v) is 12.3. The molecule has 1 fully saturated rings. The van der Waals surface area contributed by atoms with E-state index in [0.717, 1.165) is 25.8 Å². The molecule has 7 heteroatoms. The number of esters is 1. The lowest BCUT2D eigenvalue weighted by atomic mass is 9.97. The van der Waals surface area contributed by atoms with Crippen molar-refractivity contribution in [2.75, 3.05) is 25.6 Å². The van der Waals surface area contributed by atoms with Crippen LogP contribution in [0.15, 0.2) is 0 Å². The predicted molar refractivity (Wildman–Crippen MR) is 74.9 cm³/mol.